The van der Waals surface area contributed by atoms with Gasteiger partial charge < -0.3 is 0 Å². The van der Waals surface area contributed by atoms with E-state index in [4.69, 9.17) is 0 Å². The molecular formula is C18H26OSi. The monoisotopic (exact) mass is 286 g/mol. The average Bonchev–Trinajstić information content (AvgIpc) is 2.39. The van der Waals surface area contributed by atoms with Crippen molar-refractivity contribution in [1.82, 2.24) is 0 Å². The van der Waals surface area contributed by atoms with E-state index >= 15 is 0 Å². The lowest BCUT2D eigenvalue weighted by Crippen LogP contribution is -2.41. The van der Waals surface area contributed by atoms with Gasteiger partial charge in [0.05, 0.1) is 8.07 Å². The maximum atomic E-state index is 11.8. The molecule has 2 heteroatoms. The summed E-state index contributed by atoms with van der Waals surface area (Å²) in [5.41, 5.74) is 1.20. The van der Waals surface area contributed by atoms with Gasteiger partial charge in [-0.2, -0.15) is 0 Å². The molecule has 0 fully saturated rings. The summed E-state index contributed by atoms with van der Waals surface area (Å²) in [5.74, 6) is 0.321. The van der Waals surface area contributed by atoms with Gasteiger partial charge in [-0.1, -0.05) is 67.2 Å². The number of hydrogen-bond acceptors (Lipinski definition) is 1. The Morgan fingerprint density at radius 1 is 1.30 bits per heavy atom. The Kier molecular flexibility index (Phi) is 6.15. The van der Waals surface area contributed by atoms with Crippen molar-refractivity contribution in [3.8, 4) is 0 Å². The first kappa shape index (κ1) is 16.6. The summed E-state index contributed by atoms with van der Waals surface area (Å²) in [6.45, 7) is 14.6. The number of Topliss-reactive ketones (excluding diaryl/α,β-unsaturated/α-hetero) is 1. The highest BCUT2D eigenvalue weighted by molar-refractivity contribution is 6.90. The van der Waals surface area contributed by atoms with Gasteiger partial charge in [0.2, 0.25) is 0 Å². The van der Waals surface area contributed by atoms with Gasteiger partial charge in [-0.25, -0.2) is 0 Å². The third-order valence-electron chi connectivity index (χ3n) is 3.74. The van der Waals surface area contributed by atoms with E-state index in [0.717, 1.165) is 12.5 Å². The predicted octanol–water partition coefficient (Wildman–Crippen LogP) is 4.33. The molecule has 0 spiro atoms. The number of rotatable bonds is 8. The summed E-state index contributed by atoms with van der Waals surface area (Å²) in [5, 5.41) is 1.45. The Balaban J connectivity index is 2.62. The van der Waals surface area contributed by atoms with Gasteiger partial charge in [0, 0.05) is 12.3 Å². The minimum absolute atomic E-state index is 0.0565. The molecule has 0 bridgehead atoms. The summed E-state index contributed by atoms with van der Waals surface area (Å²) in [6, 6.07) is 11.7. The van der Waals surface area contributed by atoms with Crippen molar-refractivity contribution < 1.29 is 4.79 Å². The van der Waals surface area contributed by atoms with Gasteiger partial charge >= 0.3 is 0 Å². The van der Waals surface area contributed by atoms with Crippen LogP contribution in [0.25, 0.3) is 0 Å². The van der Waals surface area contributed by atoms with Gasteiger partial charge in [0.25, 0.3) is 0 Å². The molecule has 0 aliphatic carbocycles. The third-order valence-corrected chi connectivity index (χ3v) is 7.02. The topological polar surface area (TPSA) is 17.1 Å². The van der Waals surface area contributed by atoms with Crippen molar-refractivity contribution >= 4 is 19.0 Å². The summed E-state index contributed by atoms with van der Waals surface area (Å²) >= 11 is 0. The fraction of sp³-hybridized carbons (Fsp3) is 0.389. The molecule has 0 N–H and O–H groups in total. The molecule has 0 heterocycles. The maximum Gasteiger partial charge on any atom is 0.139 e. The molecule has 1 aromatic carbocycles. The Bertz CT molecular complexity index is 473. The van der Waals surface area contributed by atoms with Crippen molar-refractivity contribution in [2.45, 2.75) is 38.9 Å². The summed E-state index contributed by atoms with van der Waals surface area (Å²) in [6.07, 6.45) is 2.95. The van der Waals surface area contributed by atoms with Crippen molar-refractivity contribution in [3.05, 3.63) is 55.1 Å². The quantitative estimate of drug-likeness (QED) is 0.513. The van der Waals surface area contributed by atoms with Gasteiger partial charge in [-0.15, -0.1) is 13.2 Å². The molecule has 0 saturated heterocycles. The van der Waals surface area contributed by atoms with E-state index < -0.39 is 8.07 Å². The van der Waals surface area contributed by atoms with Crippen LogP contribution in [0.4, 0.5) is 0 Å². The fourth-order valence-corrected chi connectivity index (χ4v) is 5.27. The third kappa shape index (κ3) is 4.93. The van der Waals surface area contributed by atoms with Crippen molar-refractivity contribution in [3.63, 3.8) is 0 Å². The highest BCUT2D eigenvalue weighted by atomic mass is 28.3. The normalized spacial score (nSPS) is 12.8. The zero-order valence-electron chi connectivity index (χ0n) is 13.0. The molecule has 0 aliphatic heterocycles. The van der Waals surface area contributed by atoms with Crippen LogP contribution < -0.4 is 5.19 Å². The highest BCUT2D eigenvalue weighted by Gasteiger charge is 2.25. The first-order valence-corrected chi connectivity index (χ1v) is 10.4. The first-order valence-electron chi connectivity index (χ1n) is 7.22. The second-order valence-corrected chi connectivity index (χ2v) is 10.9. The molecule has 0 radical (unpaired) electrons. The van der Waals surface area contributed by atoms with Gasteiger partial charge in [-0.05, 0) is 12.5 Å². The van der Waals surface area contributed by atoms with Crippen LogP contribution >= 0.6 is 0 Å². The van der Waals surface area contributed by atoms with E-state index in [1.54, 1.807) is 6.08 Å². The zero-order valence-corrected chi connectivity index (χ0v) is 14.0. The smallest absolute Gasteiger partial charge is 0.139 e. The van der Waals surface area contributed by atoms with Crippen LogP contribution in [0.5, 0.6) is 0 Å². The van der Waals surface area contributed by atoms with E-state index in [1.807, 2.05) is 6.92 Å². The van der Waals surface area contributed by atoms with Crippen LogP contribution in [0.15, 0.2) is 55.1 Å². The molecule has 1 atom stereocenters. The van der Waals surface area contributed by atoms with Crippen LogP contribution in [-0.4, -0.2) is 13.9 Å². The molecule has 1 nitrogen and oxygen atoms in total. The zero-order chi connectivity index (χ0) is 15.2. The van der Waals surface area contributed by atoms with Crippen molar-refractivity contribution in [2.75, 3.05) is 0 Å². The number of ketones is 1. The molecule has 1 unspecified atom stereocenters. The van der Waals surface area contributed by atoms with Crippen molar-refractivity contribution in [1.29, 1.82) is 0 Å². The predicted molar refractivity (Wildman–Crippen MR) is 91.1 cm³/mol. The summed E-state index contributed by atoms with van der Waals surface area (Å²) in [4.78, 5) is 11.8. The number of carbonyl (C=O) groups excluding carboxylic acids is 1. The lowest BCUT2D eigenvalue weighted by atomic mass is 9.97. The molecular weight excluding hydrogens is 260 g/mol. The average molecular weight is 286 g/mol. The summed E-state index contributed by atoms with van der Waals surface area (Å²) in [7, 11) is -1.49. The van der Waals surface area contributed by atoms with E-state index in [0.29, 0.717) is 6.42 Å². The Morgan fingerprint density at radius 3 is 2.45 bits per heavy atom. The number of benzene rings is 1. The van der Waals surface area contributed by atoms with Crippen LogP contribution in [0.3, 0.4) is 0 Å². The Morgan fingerprint density at radius 2 is 1.90 bits per heavy atom. The number of allylic oxidation sites excluding steroid dienone is 2. The number of carbonyl (C=O) groups is 1. The fourth-order valence-electron chi connectivity index (χ4n) is 2.58. The number of hydrogen-bond donors (Lipinski definition) is 0. The highest BCUT2D eigenvalue weighted by Crippen LogP contribution is 2.22. The van der Waals surface area contributed by atoms with Gasteiger partial charge in [0.15, 0.2) is 0 Å². The standard InChI is InChI=1S/C18H26OSi/c1-6-10-18(19)16(3)13-15(2)14-20(4,5)17-11-8-7-9-12-17/h6-9,11-12,16H,1-2,10,13-14H2,3-5H3. The molecule has 0 aromatic heterocycles. The Hall–Kier alpha value is -1.41. The van der Waals surface area contributed by atoms with Crippen molar-refractivity contribution in [2.24, 2.45) is 5.92 Å². The molecule has 1 rings (SSSR count). The molecule has 0 saturated carbocycles. The Labute approximate surface area is 124 Å². The van der Waals surface area contributed by atoms with Gasteiger partial charge in [0.1, 0.15) is 5.78 Å². The lowest BCUT2D eigenvalue weighted by molar-refractivity contribution is -0.121. The second-order valence-electron chi connectivity index (χ2n) is 6.24. The molecule has 0 amide bonds. The van der Waals surface area contributed by atoms with E-state index in [1.165, 1.54) is 10.8 Å². The molecule has 1 aromatic rings. The van der Waals surface area contributed by atoms with Crippen LogP contribution in [-0.2, 0) is 4.79 Å². The molecule has 20 heavy (non-hydrogen) atoms. The lowest BCUT2D eigenvalue weighted by Gasteiger charge is -2.25. The van der Waals surface area contributed by atoms with Crippen LogP contribution in [0.1, 0.15) is 19.8 Å². The largest absolute Gasteiger partial charge is 0.299 e. The van der Waals surface area contributed by atoms with E-state index in [2.05, 4.69) is 56.6 Å². The SMILES string of the molecule is C=CCC(=O)C(C)CC(=C)C[Si](C)(C)c1ccccc1. The minimum Gasteiger partial charge on any atom is -0.299 e. The van der Waals surface area contributed by atoms with E-state index in [9.17, 15) is 4.79 Å². The minimum atomic E-state index is -1.49. The molecule has 108 valence electrons. The van der Waals surface area contributed by atoms with E-state index in [-0.39, 0.29) is 11.7 Å². The molecule has 0 aliphatic rings. The second kappa shape index (κ2) is 7.39. The maximum absolute atomic E-state index is 11.8. The van der Waals surface area contributed by atoms with Gasteiger partial charge in [-0.3, -0.25) is 4.79 Å². The summed E-state index contributed by atoms with van der Waals surface area (Å²) < 4.78 is 0. The first-order chi connectivity index (χ1) is 9.36. The van der Waals surface area contributed by atoms with Crippen LogP contribution in [0, 0.1) is 5.92 Å². The van der Waals surface area contributed by atoms with Crippen LogP contribution in [0.2, 0.25) is 19.1 Å².